The lowest BCUT2D eigenvalue weighted by Crippen LogP contribution is -2.40. The van der Waals surface area contributed by atoms with E-state index >= 15 is 0 Å². The number of nitrogens with zero attached hydrogens (tertiary/aromatic N) is 5. The standard InChI is InChI=1S/C14H20N6/c1-5-17-20(7-1)11-10-19-8-3-13(4-9-19)18-14-2-6-15-12-16-14/h1-2,5-7,12-13H,3-4,8-11H2,(H,15,16,18). The monoisotopic (exact) mass is 272 g/mol. The normalized spacial score (nSPS) is 17.2. The van der Waals surface area contributed by atoms with E-state index in [2.05, 4.69) is 25.3 Å². The second-order valence-electron chi connectivity index (χ2n) is 5.12. The van der Waals surface area contributed by atoms with Gasteiger partial charge in [0.25, 0.3) is 0 Å². The molecule has 3 rings (SSSR count). The molecule has 1 aliphatic heterocycles. The third-order valence-electron chi connectivity index (χ3n) is 3.73. The van der Waals surface area contributed by atoms with Gasteiger partial charge in [-0.05, 0) is 25.0 Å². The molecular formula is C14H20N6. The molecule has 6 heteroatoms. The molecule has 2 aromatic heterocycles. The molecule has 0 unspecified atom stereocenters. The quantitative estimate of drug-likeness (QED) is 0.887. The zero-order valence-electron chi connectivity index (χ0n) is 11.5. The molecule has 20 heavy (non-hydrogen) atoms. The van der Waals surface area contributed by atoms with Crippen LogP contribution in [-0.2, 0) is 6.54 Å². The molecule has 1 aliphatic rings. The van der Waals surface area contributed by atoms with Crippen molar-refractivity contribution < 1.29 is 0 Å². The van der Waals surface area contributed by atoms with Crippen LogP contribution in [0.1, 0.15) is 12.8 Å². The van der Waals surface area contributed by atoms with Crippen molar-refractivity contribution in [3.8, 4) is 0 Å². The molecule has 0 radical (unpaired) electrons. The predicted octanol–water partition coefficient (Wildman–Crippen LogP) is 1.25. The van der Waals surface area contributed by atoms with Crippen LogP contribution in [0.3, 0.4) is 0 Å². The van der Waals surface area contributed by atoms with Crippen LogP contribution >= 0.6 is 0 Å². The summed E-state index contributed by atoms with van der Waals surface area (Å²) in [6, 6.07) is 4.41. The van der Waals surface area contributed by atoms with Crippen LogP contribution in [0.5, 0.6) is 0 Å². The molecule has 0 atom stereocenters. The van der Waals surface area contributed by atoms with Gasteiger partial charge in [-0.25, -0.2) is 9.97 Å². The van der Waals surface area contributed by atoms with Crippen molar-refractivity contribution in [3.63, 3.8) is 0 Å². The number of nitrogens with one attached hydrogen (secondary N) is 1. The van der Waals surface area contributed by atoms with Crippen LogP contribution in [0.15, 0.2) is 37.1 Å². The molecule has 1 N–H and O–H groups in total. The lowest BCUT2D eigenvalue weighted by Gasteiger charge is -2.32. The van der Waals surface area contributed by atoms with Crippen molar-refractivity contribution in [1.29, 1.82) is 0 Å². The molecule has 6 nitrogen and oxygen atoms in total. The number of likely N-dealkylation sites (tertiary alicyclic amines) is 1. The largest absolute Gasteiger partial charge is 0.367 e. The Labute approximate surface area is 118 Å². The minimum atomic E-state index is 0.519. The fourth-order valence-electron chi connectivity index (χ4n) is 2.56. The van der Waals surface area contributed by atoms with E-state index in [1.807, 2.05) is 29.2 Å². The number of hydrogen-bond donors (Lipinski definition) is 1. The van der Waals surface area contributed by atoms with Gasteiger partial charge in [-0.2, -0.15) is 5.10 Å². The number of rotatable bonds is 5. The van der Waals surface area contributed by atoms with Crippen LogP contribution in [0.2, 0.25) is 0 Å². The summed E-state index contributed by atoms with van der Waals surface area (Å²) in [6.07, 6.45) is 9.52. The molecule has 3 heterocycles. The van der Waals surface area contributed by atoms with Gasteiger partial charge in [0.15, 0.2) is 0 Å². The molecule has 2 aromatic rings. The number of hydrogen-bond acceptors (Lipinski definition) is 5. The van der Waals surface area contributed by atoms with Gasteiger partial charge >= 0.3 is 0 Å². The Morgan fingerprint density at radius 2 is 2.10 bits per heavy atom. The van der Waals surface area contributed by atoms with Crippen molar-refractivity contribution in [1.82, 2.24) is 24.6 Å². The van der Waals surface area contributed by atoms with Crippen molar-refractivity contribution in [2.75, 3.05) is 25.0 Å². The number of anilines is 1. The van der Waals surface area contributed by atoms with Gasteiger partial charge in [-0.3, -0.25) is 4.68 Å². The molecule has 0 aromatic carbocycles. The maximum atomic E-state index is 4.23. The number of aromatic nitrogens is 4. The van der Waals surface area contributed by atoms with Crippen LogP contribution < -0.4 is 5.32 Å². The molecule has 106 valence electrons. The highest BCUT2D eigenvalue weighted by atomic mass is 15.3. The predicted molar refractivity (Wildman–Crippen MR) is 77.3 cm³/mol. The van der Waals surface area contributed by atoms with Crippen molar-refractivity contribution in [2.24, 2.45) is 0 Å². The maximum Gasteiger partial charge on any atom is 0.129 e. The molecule has 0 saturated carbocycles. The van der Waals surface area contributed by atoms with Gasteiger partial charge in [-0.1, -0.05) is 0 Å². The topological polar surface area (TPSA) is 58.9 Å². The minimum absolute atomic E-state index is 0.519. The average molecular weight is 272 g/mol. The SMILES string of the molecule is c1cnn(CCN2CCC(Nc3ccncn3)CC2)c1. The Morgan fingerprint density at radius 3 is 2.80 bits per heavy atom. The summed E-state index contributed by atoms with van der Waals surface area (Å²) >= 11 is 0. The summed E-state index contributed by atoms with van der Waals surface area (Å²) in [5.74, 6) is 0.926. The van der Waals surface area contributed by atoms with E-state index in [1.165, 1.54) is 0 Å². The smallest absolute Gasteiger partial charge is 0.129 e. The van der Waals surface area contributed by atoms with Crippen LogP contribution in [0, 0.1) is 0 Å². The Morgan fingerprint density at radius 1 is 1.20 bits per heavy atom. The van der Waals surface area contributed by atoms with Gasteiger partial charge in [0.1, 0.15) is 12.1 Å². The Hall–Kier alpha value is -1.95. The Kier molecular flexibility index (Phi) is 4.22. The molecule has 0 spiro atoms. The Balaban J connectivity index is 1.40. The molecule has 0 amide bonds. The highest BCUT2D eigenvalue weighted by Gasteiger charge is 2.18. The first-order chi connectivity index (χ1) is 9.90. The maximum absolute atomic E-state index is 4.23. The fourth-order valence-corrected chi connectivity index (χ4v) is 2.56. The third-order valence-corrected chi connectivity index (χ3v) is 3.73. The second kappa shape index (κ2) is 6.47. The van der Waals surface area contributed by atoms with E-state index in [-0.39, 0.29) is 0 Å². The zero-order valence-corrected chi connectivity index (χ0v) is 11.5. The lowest BCUT2D eigenvalue weighted by atomic mass is 10.1. The van der Waals surface area contributed by atoms with Crippen molar-refractivity contribution in [3.05, 3.63) is 37.1 Å². The van der Waals surface area contributed by atoms with Crippen LogP contribution in [0.4, 0.5) is 5.82 Å². The molecular weight excluding hydrogens is 252 g/mol. The first-order valence-corrected chi connectivity index (χ1v) is 7.12. The molecule has 1 saturated heterocycles. The molecule has 0 bridgehead atoms. The van der Waals surface area contributed by atoms with E-state index in [9.17, 15) is 0 Å². The van der Waals surface area contributed by atoms with Gasteiger partial charge in [0.2, 0.25) is 0 Å². The van der Waals surface area contributed by atoms with Gasteiger partial charge < -0.3 is 10.2 Å². The summed E-state index contributed by atoms with van der Waals surface area (Å²) in [7, 11) is 0. The summed E-state index contributed by atoms with van der Waals surface area (Å²) < 4.78 is 1.99. The van der Waals surface area contributed by atoms with Crippen molar-refractivity contribution in [2.45, 2.75) is 25.4 Å². The van der Waals surface area contributed by atoms with E-state index < -0.39 is 0 Å². The second-order valence-corrected chi connectivity index (χ2v) is 5.12. The van der Waals surface area contributed by atoms with E-state index in [4.69, 9.17) is 0 Å². The highest BCUT2D eigenvalue weighted by Crippen LogP contribution is 2.14. The summed E-state index contributed by atoms with van der Waals surface area (Å²) in [4.78, 5) is 10.6. The summed E-state index contributed by atoms with van der Waals surface area (Å²) in [5, 5.41) is 7.71. The van der Waals surface area contributed by atoms with Gasteiger partial charge in [0, 0.05) is 44.3 Å². The third kappa shape index (κ3) is 3.54. The zero-order chi connectivity index (χ0) is 13.6. The Bertz CT molecular complexity index is 490. The minimum Gasteiger partial charge on any atom is -0.367 e. The lowest BCUT2D eigenvalue weighted by molar-refractivity contribution is 0.209. The first-order valence-electron chi connectivity index (χ1n) is 7.12. The first kappa shape index (κ1) is 13.1. The van der Waals surface area contributed by atoms with Crippen LogP contribution in [0.25, 0.3) is 0 Å². The molecule has 0 aliphatic carbocycles. The summed E-state index contributed by atoms with van der Waals surface area (Å²) in [6.45, 7) is 4.30. The highest BCUT2D eigenvalue weighted by molar-refractivity contribution is 5.33. The van der Waals surface area contributed by atoms with Gasteiger partial charge in [-0.15, -0.1) is 0 Å². The van der Waals surface area contributed by atoms with Crippen molar-refractivity contribution >= 4 is 5.82 Å². The van der Waals surface area contributed by atoms with E-state index in [0.29, 0.717) is 6.04 Å². The van der Waals surface area contributed by atoms with Gasteiger partial charge in [0.05, 0.1) is 6.54 Å². The van der Waals surface area contributed by atoms with E-state index in [0.717, 1.165) is 44.8 Å². The average Bonchev–Trinajstić information content (AvgIpc) is 3.01. The fraction of sp³-hybridized carbons (Fsp3) is 0.500. The molecule has 1 fully saturated rings. The van der Waals surface area contributed by atoms with Crippen LogP contribution in [-0.4, -0.2) is 50.3 Å². The number of piperidine rings is 1. The summed E-state index contributed by atoms with van der Waals surface area (Å²) in [5.41, 5.74) is 0. The van der Waals surface area contributed by atoms with E-state index in [1.54, 1.807) is 12.5 Å².